The van der Waals surface area contributed by atoms with Gasteiger partial charge in [-0.15, -0.1) is 0 Å². The van der Waals surface area contributed by atoms with E-state index in [1.54, 1.807) is 0 Å². The average molecular weight is 587 g/mol. The Kier molecular flexibility index (Phi) is 9.52. The fraction of sp³-hybridized carbons (Fsp3) is 0.643. The van der Waals surface area contributed by atoms with Crippen LogP contribution in [-0.4, -0.2) is 134 Å². The van der Waals surface area contributed by atoms with E-state index in [-0.39, 0.29) is 60.3 Å². The molecule has 4 saturated heterocycles. The smallest absolute Gasteiger partial charge is 0.237 e. The van der Waals surface area contributed by atoms with Crippen LogP contribution in [0.25, 0.3) is 0 Å². The first-order valence-corrected chi connectivity index (χ1v) is 14.9. The summed E-state index contributed by atoms with van der Waals surface area (Å²) in [6.45, 7) is 4.53. The highest BCUT2D eigenvalue weighted by Crippen LogP contribution is 2.39. The number of hydrogen-bond donors (Lipinski definition) is 6. The highest BCUT2D eigenvalue weighted by Gasteiger charge is 2.33. The maximum Gasteiger partial charge on any atom is 0.237 e. The molecule has 6 N–H and O–H groups in total. The second kappa shape index (κ2) is 13.5. The van der Waals surface area contributed by atoms with Gasteiger partial charge in [0.15, 0.2) is 0 Å². The zero-order valence-electron chi connectivity index (χ0n) is 23.9. The molecule has 0 aromatic heterocycles. The van der Waals surface area contributed by atoms with Crippen molar-refractivity contribution in [2.24, 2.45) is 0 Å². The van der Waals surface area contributed by atoms with Crippen LogP contribution in [0.5, 0.6) is 11.5 Å². The molecule has 4 heterocycles. The van der Waals surface area contributed by atoms with E-state index >= 15 is 0 Å². The molecule has 1 aromatic carbocycles. The number of nitrogens with one attached hydrogen (secondary N) is 4. The Labute approximate surface area is 245 Å². The van der Waals surface area contributed by atoms with Gasteiger partial charge in [0.2, 0.25) is 23.6 Å². The molecule has 0 aliphatic carbocycles. The molecule has 230 valence electrons. The summed E-state index contributed by atoms with van der Waals surface area (Å²) >= 11 is 0. The molecule has 5 rings (SSSR count). The lowest BCUT2D eigenvalue weighted by atomic mass is 10.1. The summed E-state index contributed by atoms with van der Waals surface area (Å²) in [5, 5.41) is 33.9. The van der Waals surface area contributed by atoms with Gasteiger partial charge < -0.3 is 41.3 Å². The Hall–Kier alpha value is -3.78. The maximum atomic E-state index is 12.8. The molecule has 14 nitrogen and oxygen atoms in total. The normalized spacial score (nSPS) is 25.9. The van der Waals surface area contributed by atoms with Gasteiger partial charge in [-0.2, -0.15) is 0 Å². The fourth-order valence-electron chi connectivity index (χ4n) is 6.40. The molecule has 0 spiro atoms. The molecule has 42 heavy (non-hydrogen) atoms. The molecule has 4 fully saturated rings. The topological polar surface area (TPSA) is 170 Å². The third-order valence-corrected chi connectivity index (χ3v) is 8.55. The van der Waals surface area contributed by atoms with Crippen LogP contribution in [0.4, 0.5) is 11.4 Å². The molecular weight excluding hydrogens is 544 g/mol. The summed E-state index contributed by atoms with van der Waals surface area (Å²) in [6.07, 6.45) is 3.15. The number of fused-ring (bicyclic) bond motifs is 2. The molecule has 0 radical (unpaired) electrons. The summed E-state index contributed by atoms with van der Waals surface area (Å²) in [4.78, 5) is 58.0. The predicted molar refractivity (Wildman–Crippen MR) is 155 cm³/mol. The Morgan fingerprint density at radius 1 is 0.571 bits per heavy atom. The molecule has 4 aliphatic rings. The van der Waals surface area contributed by atoms with E-state index in [1.807, 2.05) is 19.6 Å². The molecule has 4 amide bonds. The average Bonchev–Trinajstić information content (AvgIpc) is 3.61. The van der Waals surface area contributed by atoms with Crippen molar-refractivity contribution in [3.63, 3.8) is 0 Å². The van der Waals surface area contributed by atoms with Gasteiger partial charge in [-0.1, -0.05) is 0 Å². The SMILES string of the molecule is O=C1CN2CCC[C@H]2C(=O)NCCN(c2cc(O)c(N3CCNC(=O)CN4CCC[C@H]4C(=O)NCC3)cc2O)CCN1. The number of amides is 4. The number of hydrogen-bond acceptors (Lipinski definition) is 10. The zero-order valence-corrected chi connectivity index (χ0v) is 23.9. The van der Waals surface area contributed by atoms with Crippen molar-refractivity contribution in [3.8, 4) is 11.5 Å². The second-order valence-corrected chi connectivity index (χ2v) is 11.3. The first-order valence-electron chi connectivity index (χ1n) is 14.9. The fourth-order valence-corrected chi connectivity index (χ4v) is 6.40. The van der Waals surface area contributed by atoms with Crippen LogP contribution < -0.4 is 31.1 Å². The minimum atomic E-state index is -0.327. The molecular formula is C28H42N8O6. The van der Waals surface area contributed by atoms with Crippen molar-refractivity contribution in [1.29, 1.82) is 0 Å². The van der Waals surface area contributed by atoms with E-state index in [1.165, 1.54) is 12.1 Å². The Balaban J connectivity index is 1.29. The summed E-state index contributed by atoms with van der Waals surface area (Å²) in [7, 11) is 0. The van der Waals surface area contributed by atoms with Crippen LogP contribution in [-0.2, 0) is 19.2 Å². The number of carbonyl (C=O) groups excluding carboxylic acids is 4. The second-order valence-electron chi connectivity index (χ2n) is 11.3. The van der Waals surface area contributed by atoms with E-state index in [0.717, 1.165) is 12.8 Å². The van der Waals surface area contributed by atoms with Crippen molar-refractivity contribution in [3.05, 3.63) is 12.1 Å². The van der Waals surface area contributed by atoms with Gasteiger partial charge in [0, 0.05) is 64.5 Å². The number of rotatable bonds is 2. The van der Waals surface area contributed by atoms with E-state index in [0.29, 0.717) is 89.7 Å². The molecule has 0 saturated carbocycles. The van der Waals surface area contributed by atoms with Gasteiger partial charge in [0.25, 0.3) is 0 Å². The minimum absolute atomic E-state index is 0.0738. The van der Waals surface area contributed by atoms with Gasteiger partial charge in [0.1, 0.15) is 11.5 Å². The van der Waals surface area contributed by atoms with Crippen LogP contribution in [0.3, 0.4) is 0 Å². The highest BCUT2D eigenvalue weighted by molar-refractivity contribution is 5.85. The van der Waals surface area contributed by atoms with Gasteiger partial charge in [-0.25, -0.2) is 0 Å². The molecule has 1 aromatic rings. The van der Waals surface area contributed by atoms with Crippen LogP contribution in [0, 0.1) is 0 Å². The standard InChI is InChI=1S/C28H42N8O6/c37-23-16-22(34-12-6-30-26(40)18-36-10-2-4-20(36)28(42)32-8-14-34)24(38)15-21(23)33-11-5-29-25(39)17-35-9-1-3-19(35)27(41)31-7-13-33/h15-16,19-20,37-38H,1-14,17-18H2,(H,29,39)(H,30,40)(H,31,41)(H,32,42)/t19-,20-/m0/s1. The molecule has 2 atom stereocenters. The highest BCUT2D eigenvalue weighted by atomic mass is 16.3. The lowest BCUT2D eigenvalue weighted by Gasteiger charge is -2.31. The summed E-state index contributed by atoms with van der Waals surface area (Å²) in [6, 6.07) is 2.30. The third kappa shape index (κ3) is 6.98. The monoisotopic (exact) mass is 586 g/mol. The number of benzene rings is 1. The first-order chi connectivity index (χ1) is 20.3. The molecule has 0 bridgehead atoms. The summed E-state index contributed by atoms with van der Waals surface area (Å²) in [5.41, 5.74) is 0.744. The minimum Gasteiger partial charge on any atom is -0.506 e. The lowest BCUT2D eigenvalue weighted by Crippen LogP contribution is -2.50. The van der Waals surface area contributed by atoms with Crippen molar-refractivity contribution in [2.75, 3.05) is 88.3 Å². The number of anilines is 2. The van der Waals surface area contributed by atoms with Gasteiger partial charge in [0.05, 0.1) is 36.5 Å². The van der Waals surface area contributed by atoms with Crippen molar-refractivity contribution in [2.45, 2.75) is 37.8 Å². The zero-order chi connectivity index (χ0) is 29.6. The van der Waals surface area contributed by atoms with E-state index < -0.39 is 0 Å². The van der Waals surface area contributed by atoms with Crippen molar-refractivity contribution in [1.82, 2.24) is 31.1 Å². The largest absolute Gasteiger partial charge is 0.506 e. The molecule has 0 unspecified atom stereocenters. The van der Waals surface area contributed by atoms with E-state index in [4.69, 9.17) is 0 Å². The first kappa shape index (κ1) is 29.7. The van der Waals surface area contributed by atoms with Gasteiger partial charge in [-0.3, -0.25) is 29.0 Å². The number of carbonyl (C=O) groups is 4. The predicted octanol–water partition coefficient (Wildman–Crippen LogP) is -1.87. The van der Waals surface area contributed by atoms with Gasteiger partial charge in [-0.05, 0) is 38.8 Å². The molecule has 4 aliphatic heterocycles. The number of aromatic hydroxyl groups is 2. The van der Waals surface area contributed by atoms with E-state index in [2.05, 4.69) is 21.3 Å². The van der Waals surface area contributed by atoms with Crippen molar-refractivity contribution >= 4 is 35.0 Å². The Morgan fingerprint density at radius 3 is 1.36 bits per heavy atom. The molecule has 14 heteroatoms. The summed E-state index contributed by atoms with van der Waals surface area (Å²) < 4.78 is 0. The third-order valence-electron chi connectivity index (χ3n) is 8.55. The number of phenols is 2. The van der Waals surface area contributed by atoms with Crippen LogP contribution in [0.1, 0.15) is 25.7 Å². The Bertz CT molecular complexity index is 1090. The van der Waals surface area contributed by atoms with Crippen molar-refractivity contribution < 1.29 is 29.4 Å². The van der Waals surface area contributed by atoms with Crippen LogP contribution >= 0.6 is 0 Å². The lowest BCUT2D eigenvalue weighted by molar-refractivity contribution is -0.129. The van der Waals surface area contributed by atoms with Crippen LogP contribution in [0.2, 0.25) is 0 Å². The number of phenolic OH excluding ortho intramolecular Hbond substituents is 2. The quantitative estimate of drug-likeness (QED) is 0.216. The Morgan fingerprint density at radius 2 is 0.952 bits per heavy atom. The summed E-state index contributed by atoms with van der Waals surface area (Å²) in [5.74, 6) is -0.692. The van der Waals surface area contributed by atoms with E-state index in [9.17, 15) is 29.4 Å². The van der Waals surface area contributed by atoms with Gasteiger partial charge >= 0.3 is 0 Å². The number of nitrogens with zero attached hydrogens (tertiary/aromatic N) is 4. The maximum absolute atomic E-state index is 12.8. The van der Waals surface area contributed by atoms with Crippen LogP contribution in [0.15, 0.2) is 12.1 Å².